The van der Waals surface area contributed by atoms with E-state index in [4.69, 9.17) is 15.9 Å². The van der Waals surface area contributed by atoms with Crippen LogP contribution in [0.15, 0.2) is 24.3 Å². The van der Waals surface area contributed by atoms with Crippen molar-refractivity contribution in [1.29, 1.82) is 0 Å². The van der Waals surface area contributed by atoms with Crippen LogP contribution in [0.5, 0.6) is 5.75 Å². The third-order valence-electron chi connectivity index (χ3n) is 2.08. The average Bonchev–Trinajstić information content (AvgIpc) is 2.20. The Hall–Kier alpha value is -1.59. The summed E-state index contributed by atoms with van der Waals surface area (Å²) in [5.41, 5.74) is 5.96. The second-order valence-electron chi connectivity index (χ2n) is 3.30. The van der Waals surface area contributed by atoms with Crippen LogP contribution in [0.1, 0.15) is 5.56 Å². The molecule has 2 atom stereocenters. The Morgan fingerprint density at radius 3 is 2.33 bits per heavy atom. The second-order valence-corrected chi connectivity index (χ2v) is 3.30. The van der Waals surface area contributed by atoms with Gasteiger partial charge in [0.25, 0.3) is 0 Å². The van der Waals surface area contributed by atoms with E-state index in [2.05, 4.69) is 0 Å². The van der Waals surface area contributed by atoms with Crippen LogP contribution in [-0.2, 0) is 11.2 Å². The molecule has 0 aliphatic rings. The number of aromatic hydroxyl groups is 1. The fourth-order valence-electron chi connectivity index (χ4n) is 1.17. The van der Waals surface area contributed by atoms with Crippen molar-refractivity contribution in [2.45, 2.75) is 18.6 Å². The number of nitrogens with two attached hydrogens (primary N) is 1. The molecule has 0 aliphatic heterocycles. The van der Waals surface area contributed by atoms with Gasteiger partial charge in [-0.2, -0.15) is 0 Å². The van der Waals surface area contributed by atoms with E-state index in [1.807, 2.05) is 0 Å². The molecule has 0 unspecified atom stereocenters. The zero-order valence-electron chi connectivity index (χ0n) is 8.00. The van der Waals surface area contributed by atoms with E-state index in [9.17, 15) is 9.90 Å². The topological polar surface area (TPSA) is 104 Å². The Labute approximate surface area is 86.8 Å². The number of phenols is 1. The predicted molar refractivity (Wildman–Crippen MR) is 53.4 cm³/mol. The summed E-state index contributed by atoms with van der Waals surface area (Å²) < 4.78 is 0. The van der Waals surface area contributed by atoms with Crippen molar-refractivity contribution in [2.24, 2.45) is 5.73 Å². The molecule has 0 spiro atoms. The average molecular weight is 211 g/mol. The number of carboxylic acids is 1. The number of hydrogen-bond donors (Lipinski definition) is 4. The molecule has 82 valence electrons. The van der Waals surface area contributed by atoms with Crippen molar-refractivity contribution >= 4 is 5.97 Å². The minimum atomic E-state index is -1.29. The van der Waals surface area contributed by atoms with E-state index in [1.54, 1.807) is 12.1 Å². The standard InChI is InChI=1S/C10H13NO4/c11-9(10(14)15)8(13)5-6-1-3-7(12)4-2-6/h1-4,8-9,12-13H,5,11H2,(H,14,15)/t8-,9+/m1/s1. The van der Waals surface area contributed by atoms with Crippen molar-refractivity contribution in [1.82, 2.24) is 0 Å². The van der Waals surface area contributed by atoms with Gasteiger partial charge in [0.2, 0.25) is 0 Å². The lowest BCUT2D eigenvalue weighted by Crippen LogP contribution is -2.42. The number of benzene rings is 1. The van der Waals surface area contributed by atoms with Crippen LogP contribution in [-0.4, -0.2) is 33.4 Å². The maximum absolute atomic E-state index is 10.5. The molecule has 15 heavy (non-hydrogen) atoms. The smallest absolute Gasteiger partial charge is 0.323 e. The number of aliphatic carboxylic acids is 1. The Balaban J connectivity index is 2.62. The molecule has 1 aromatic carbocycles. The molecule has 0 aromatic heterocycles. The maximum atomic E-state index is 10.5. The molecule has 0 amide bonds. The van der Waals surface area contributed by atoms with Crippen molar-refractivity contribution in [3.63, 3.8) is 0 Å². The van der Waals surface area contributed by atoms with Gasteiger partial charge in [-0.05, 0) is 17.7 Å². The van der Waals surface area contributed by atoms with E-state index < -0.39 is 18.1 Å². The summed E-state index contributed by atoms with van der Waals surface area (Å²) >= 11 is 0. The summed E-state index contributed by atoms with van der Waals surface area (Å²) in [5, 5.41) is 27.0. The highest BCUT2D eigenvalue weighted by molar-refractivity contribution is 5.73. The van der Waals surface area contributed by atoms with Gasteiger partial charge in [0, 0.05) is 6.42 Å². The van der Waals surface area contributed by atoms with Crippen molar-refractivity contribution in [3.05, 3.63) is 29.8 Å². The quantitative estimate of drug-likeness (QED) is 0.547. The molecule has 5 nitrogen and oxygen atoms in total. The normalized spacial score (nSPS) is 14.5. The largest absolute Gasteiger partial charge is 0.508 e. The maximum Gasteiger partial charge on any atom is 0.323 e. The summed E-state index contributed by atoms with van der Waals surface area (Å²) in [6, 6.07) is 4.85. The van der Waals surface area contributed by atoms with E-state index in [0.717, 1.165) is 5.56 Å². The van der Waals surface area contributed by atoms with Crippen molar-refractivity contribution < 1.29 is 20.1 Å². The minimum absolute atomic E-state index is 0.121. The molecular weight excluding hydrogens is 198 g/mol. The summed E-state index contributed by atoms with van der Waals surface area (Å²) in [7, 11) is 0. The number of carbonyl (C=O) groups is 1. The van der Waals surface area contributed by atoms with Crippen LogP contribution in [0.3, 0.4) is 0 Å². The fraction of sp³-hybridized carbons (Fsp3) is 0.300. The van der Waals surface area contributed by atoms with Crippen LogP contribution >= 0.6 is 0 Å². The Morgan fingerprint density at radius 2 is 1.87 bits per heavy atom. The molecular formula is C10H13NO4. The fourth-order valence-corrected chi connectivity index (χ4v) is 1.17. The lowest BCUT2D eigenvalue weighted by molar-refractivity contribution is -0.141. The van der Waals surface area contributed by atoms with Crippen LogP contribution in [0.4, 0.5) is 0 Å². The summed E-state index contributed by atoms with van der Waals surface area (Å²) in [5.74, 6) is -1.11. The van der Waals surface area contributed by atoms with Crippen LogP contribution < -0.4 is 5.73 Å². The lowest BCUT2D eigenvalue weighted by Gasteiger charge is -2.14. The number of phenolic OH excluding ortho intramolecular Hbond substituents is 1. The molecule has 0 fully saturated rings. The second kappa shape index (κ2) is 4.77. The number of aliphatic hydroxyl groups is 1. The van der Waals surface area contributed by atoms with E-state index >= 15 is 0 Å². The van der Waals surface area contributed by atoms with E-state index in [-0.39, 0.29) is 12.2 Å². The highest BCUT2D eigenvalue weighted by atomic mass is 16.4. The number of aliphatic hydroxyl groups excluding tert-OH is 1. The highest BCUT2D eigenvalue weighted by Gasteiger charge is 2.21. The molecule has 5 heteroatoms. The summed E-state index contributed by atoms with van der Waals surface area (Å²) in [6.45, 7) is 0. The molecule has 1 rings (SSSR count). The monoisotopic (exact) mass is 211 g/mol. The van der Waals surface area contributed by atoms with Gasteiger partial charge >= 0.3 is 5.97 Å². The Kier molecular flexibility index (Phi) is 3.65. The van der Waals surface area contributed by atoms with Gasteiger partial charge < -0.3 is 21.1 Å². The van der Waals surface area contributed by atoms with Crippen LogP contribution in [0.25, 0.3) is 0 Å². The third kappa shape index (κ3) is 3.23. The van der Waals surface area contributed by atoms with Crippen molar-refractivity contribution in [3.8, 4) is 5.75 Å². The molecule has 0 radical (unpaired) electrons. The van der Waals surface area contributed by atoms with Gasteiger partial charge in [0.15, 0.2) is 0 Å². The highest BCUT2D eigenvalue weighted by Crippen LogP contribution is 2.12. The third-order valence-corrected chi connectivity index (χ3v) is 2.08. The number of carboxylic acid groups (broad SMARTS) is 1. The lowest BCUT2D eigenvalue weighted by atomic mass is 10.0. The van der Waals surface area contributed by atoms with Gasteiger partial charge in [0.1, 0.15) is 11.8 Å². The Bertz CT molecular complexity index is 336. The van der Waals surface area contributed by atoms with Gasteiger partial charge in [-0.3, -0.25) is 4.79 Å². The molecule has 1 aromatic rings. The molecule has 0 bridgehead atoms. The molecule has 0 saturated heterocycles. The van der Waals surface area contributed by atoms with Gasteiger partial charge in [-0.25, -0.2) is 0 Å². The molecule has 0 saturated carbocycles. The van der Waals surface area contributed by atoms with E-state index in [0.29, 0.717) is 0 Å². The molecule has 0 heterocycles. The first-order valence-corrected chi connectivity index (χ1v) is 4.45. The number of hydrogen-bond acceptors (Lipinski definition) is 4. The Morgan fingerprint density at radius 1 is 1.33 bits per heavy atom. The van der Waals surface area contributed by atoms with Crippen LogP contribution in [0.2, 0.25) is 0 Å². The SMILES string of the molecule is N[C@H](C(=O)O)[C@H](O)Cc1ccc(O)cc1. The minimum Gasteiger partial charge on any atom is -0.508 e. The summed E-state index contributed by atoms with van der Waals surface area (Å²) in [6.07, 6.45) is -0.986. The van der Waals surface area contributed by atoms with Gasteiger partial charge in [0.05, 0.1) is 6.10 Å². The zero-order chi connectivity index (χ0) is 11.4. The van der Waals surface area contributed by atoms with Gasteiger partial charge in [-0.1, -0.05) is 12.1 Å². The first kappa shape index (κ1) is 11.5. The molecule has 5 N–H and O–H groups in total. The van der Waals surface area contributed by atoms with Gasteiger partial charge in [-0.15, -0.1) is 0 Å². The predicted octanol–water partition coefficient (Wildman–Crippen LogP) is -0.292. The first-order valence-electron chi connectivity index (χ1n) is 4.45. The summed E-state index contributed by atoms with van der Waals surface area (Å²) in [4.78, 5) is 10.5. The van der Waals surface area contributed by atoms with Crippen molar-refractivity contribution in [2.75, 3.05) is 0 Å². The molecule has 0 aliphatic carbocycles. The zero-order valence-corrected chi connectivity index (χ0v) is 8.00. The first-order chi connectivity index (χ1) is 7.00. The van der Waals surface area contributed by atoms with Crippen LogP contribution in [0, 0.1) is 0 Å². The van der Waals surface area contributed by atoms with E-state index in [1.165, 1.54) is 12.1 Å². The number of rotatable bonds is 4.